The van der Waals surface area contributed by atoms with E-state index >= 15 is 0 Å². The highest BCUT2D eigenvalue weighted by molar-refractivity contribution is 9.11. The van der Waals surface area contributed by atoms with Crippen LogP contribution >= 0.6 is 31.9 Å². The molecule has 1 heterocycles. The summed E-state index contributed by atoms with van der Waals surface area (Å²) in [6, 6.07) is 6.46. The fourth-order valence-electron chi connectivity index (χ4n) is 2.36. The van der Waals surface area contributed by atoms with Gasteiger partial charge in [0.2, 0.25) is 0 Å². The molecule has 2 rings (SSSR count). The van der Waals surface area contributed by atoms with Gasteiger partial charge in [0.05, 0.1) is 0 Å². The van der Waals surface area contributed by atoms with Crippen molar-refractivity contribution < 1.29 is 9.53 Å². The highest BCUT2D eigenvalue weighted by Crippen LogP contribution is 2.28. The smallest absolute Gasteiger partial charge is 0.410 e. The first-order valence-corrected chi connectivity index (χ1v) is 9.03. The van der Waals surface area contributed by atoms with E-state index in [4.69, 9.17) is 4.74 Å². The number of carbonyl (C=O) groups is 1. The van der Waals surface area contributed by atoms with Crippen molar-refractivity contribution in [3.8, 4) is 0 Å². The number of benzene rings is 1. The predicted molar refractivity (Wildman–Crippen MR) is 96.3 cm³/mol. The zero-order valence-electron chi connectivity index (χ0n) is 13.2. The molecule has 1 aromatic rings. The second kappa shape index (κ2) is 7.21. The standard InChI is InChI=1S/C16H22Br2N2O2/c1-16(2,3)22-15(21)20-8-6-12(7-9-20)19-14-5-4-11(17)10-13(14)18/h4-5,10,12,19H,6-9H2,1-3H3. The van der Waals surface area contributed by atoms with E-state index in [1.165, 1.54) is 0 Å². The molecule has 0 aromatic heterocycles. The van der Waals surface area contributed by atoms with Crippen LogP contribution in [0.25, 0.3) is 0 Å². The van der Waals surface area contributed by atoms with Gasteiger partial charge in [0.1, 0.15) is 5.60 Å². The van der Waals surface area contributed by atoms with Gasteiger partial charge in [-0.2, -0.15) is 0 Å². The highest BCUT2D eigenvalue weighted by Gasteiger charge is 2.26. The van der Waals surface area contributed by atoms with Crippen LogP contribution in [-0.2, 0) is 4.74 Å². The summed E-state index contributed by atoms with van der Waals surface area (Å²) >= 11 is 7.02. The molecule has 0 aliphatic carbocycles. The lowest BCUT2D eigenvalue weighted by molar-refractivity contribution is 0.0210. The monoisotopic (exact) mass is 432 g/mol. The summed E-state index contributed by atoms with van der Waals surface area (Å²) in [7, 11) is 0. The molecule has 1 N–H and O–H groups in total. The van der Waals surface area contributed by atoms with Gasteiger partial charge in [-0.1, -0.05) is 15.9 Å². The maximum atomic E-state index is 12.0. The van der Waals surface area contributed by atoms with Gasteiger partial charge < -0.3 is 15.0 Å². The summed E-state index contributed by atoms with van der Waals surface area (Å²) in [6.07, 6.45) is 1.62. The molecule has 1 aliphatic heterocycles. The normalized spacial score (nSPS) is 16.5. The van der Waals surface area contributed by atoms with Crippen molar-refractivity contribution in [2.24, 2.45) is 0 Å². The number of ether oxygens (including phenoxy) is 1. The quantitative estimate of drug-likeness (QED) is 0.711. The molecule has 122 valence electrons. The lowest BCUT2D eigenvalue weighted by atomic mass is 10.0. The van der Waals surface area contributed by atoms with Crippen LogP contribution in [0.4, 0.5) is 10.5 Å². The second-order valence-electron chi connectivity index (χ2n) is 6.51. The van der Waals surface area contributed by atoms with Crippen molar-refractivity contribution >= 4 is 43.6 Å². The van der Waals surface area contributed by atoms with Crippen LogP contribution in [0.3, 0.4) is 0 Å². The number of anilines is 1. The van der Waals surface area contributed by atoms with E-state index in [2.05, 4.69) is 43.2 Å². The van der Waals surface area contributed by atoms with Crippen LogP contribution in [0, 0.1) is 0 Å². The van der Waals surface area contributed by atoms with E-state index < -0.39 is 5.60 Å². The summed E-state index contributed by atoms with van der Waals surface area (Å²) in [4.78, 5) is 13.8. The van der Waals surface area contributed by atoms with Crippen molar-refractivity contribution in [2.75, 3.05) is 18.4 Å². The molecule has 0 bridgehead atoms. The van der Waals surface area contributed by atoms with Crippen molar-refractivity contribution in [2.45, 2.75) is 45.3 Å². The Bertz CT molecular complexity index is 535. The van der Waals surface area contributed by atoms with Gasteiger partial charge >= 0.3 is 6.09 Å². The van der Waals surface area contributed by atoms with Gasteiger partial charge in [-0.05, 0) is 67.7 Å². The average molecular weight is 434 g/mol. The van der Waals surface area contributed by atoms with Gasteiger partial charge in [-0.3, -0.25) is 0 Å². The first kappa shape index (κ1) is 17.6. The molecule has 1 fully saturated rings. The Hall–Kier alpha value is -0.750. The van der Waals surface area contributed by atoms with Gasteiger partial charge in [-0.15, -0.1) is 0 Å². The van der Waals surface area contributed by atoms with Gasteiger partial charge in [-0.25, -0.2) is 4.79 Å². The maximum absolute atomic E-state index is 12.0. The van der Waals surface area contributed by atoms with Crippen molar-refractivity contribution in [1.29, 1.82) is 0 Å². The summed E-state index contributed by atoms with van der Waals surface area (Å²) in [5.41, 5.74) is 0.646. The fourth-order valence-corrected chi connectivity index (χ4v) is 3.52. The van der Waals surface area contributed by atoms with Gasteiger partial charge in [0, 0.05) is 33.8 Å². The lowest BCUT2D eigenvalue weighted by Crippen LogP contribution is -2.44. The Balaban J connectivity index is 1.86. The second-order valence-corrected chi connectivity index (χ2v) is 8.28. The van der Waals surface area contributed by atoms with Crippen LogP contribution in [0.2, 0.25) is 0 Å². The zero-order chi connectivity index (χ0) is 16.3. The molecule has 0 saturated carbocycles. The number of halogens is 2. The van der Waals surface area contributed by atoms with E-state index in [0.29, 0.717) is 6.04 Å². The van der Waals surface area contributed by atoms with Gasteiger partial charge in [0.15, 0.2) is 0 Å². The molecule has 0 spiro atoms. The van der Waals surface area contributed by atoms with Gasteiger partial charge in [0.25, 0.3) is 0 Å². The van der Waals surface area contributed by atoms with E-state index in [0.717, 1.165) is 40.6 Å². The minimum atomic E-state index is -0.436. The highest BCUT2D eigenvalue weighted by atomic mass is 79.9. The third-order valence-corrected chi connectivity index (χ3v) is 4.59. The van der Waals surface area contributed by atoms with Crippen molar-refractivity contribution in [3.63, 3.8) is 0 Å². The zero-order valence-corrected chi connectivity index (χ0v) is 16.3. The van der Waals surface area contributed by atoms with Crippen molar-refractivity contribution in [1.82, 2.24) is 4.90 Å². The first-order valence-electron chi connectivity index (χ1n) is 7.44. The minimum absolute atomic E-state index is 0.212. The maximum Gasteiger partial charge on any atom is 0.410 e. The molecule has 1 aliphatic rings. The van der Waals surface area contributed by atoms with Crippen LogP contribution in [0.15, 0.2) is 27.1 Å². The molecule has 1 aromatic carbocycles. The topological polar surface area (TPSA) is 41.6 Å². The summed E-state index contributed by atoms with van der Waals surface area (Å²) in [5.74, 6) is 0. The third kappa shape index (κ3) is 5.16. The largest absolute Gasteiger partial charge is 0.444 e. The fraction of sp³-hybridized carbons (Fsp3) is 0.562. The average Bonchev–Trinajstić information content (AvgIpc) is 2.41. The molecular weight excluding hydrogens is 412 g/mol. The Morgan fingerprint density at radius 1 is 1.27 bits per heavy atom. The number of amides is 1. The number of hydrogen-bond acceptors (Lipinski definition) is 3. The van der Waals surface area contributed by atoms with Crippen LogP contribution in [-0.4, -0.2) is 35.7 Å². The number of nitrogens with zero attached hydrogens (tertiary/aromatic N) is 1. The Kier molecular flexibility index (Phi) is 5.77. The summed E-state index contributed by atoms with van der Waals surface area (Å²) in [5, 5.41) is 3.54. The molecule has 1 saturated heterocycles. The molecular formula is C16H22Br2N2O2. The van der Waals surface area contributed by atoms with Crippen LogP contribution in [0.5, 0.6) is 0 Å². The third-order valence-electron chi connectivity index (χ3n) is 3.44. The number of carbonyl (C=O) groups excluding carboxylic acids is 1. The predicted octanol–water partition coefficient (Wildman–Crippen LogP) is 5.02. The molecule has 6 heteroatoms. The number of nitrogens with one attached hydrogen (secondary N) is 1. The summed E-state index contributed by atoms with van der Waals surface area (Å²) < 4.78 is 7.50. The Labute approximate surface area is 148 Å². The van der Waals surface area contributed by atoms with E-state index in [-0.39, 0.29) is 6.09 Å². The van der Waals surface area contributed by atoms with Crippen molar-refractivity contribution in [3.05, 3.63) is 27.1 Å². The number of rotatable bonds is 2. The Morgan fingerprint density at radius 2 is 1.91 bits per heavy atom. The van der Waals surface area contributed by atoms with Crippen LogP contribution < -0.4 is 5.32 Å². The van der Waals surface area contributed by atoms with E-state index in [9.17, 15) is 4.79 Å². The molecule has 22 heavy (non-hydrogen) atoms. The molecule has 0 atom stereocenters. The lowest BCUT2D eigenvalue weighted by Gasteiger charge is -2.34. The minimum Gasteiger partial charge on any atom is -0.444 e. The number of piperidine rings is 1. The number of likely N-dealkylation sites (tertiary alicyclic amines) is 1. The molecule has 1 amide bonds. The molecule has 0 unspecified atom stereocenters. The van der Waals surface area contributed by atoms with E-state index in [1.54, 1.807) is 4.90 Å². The number of hydrogen-bond donors (Lipinski definition) is 1. The summed E-state index contributed by atoms with van der Waals surface area (Å²) in [6.45, 7) is 7.13. The van der Waals surface area contributed by atoms with Crippen LogP contribution in [0.1, 0.15) is 33.6 Å². The molecule has 0 radical (unpaired) electrons. The van der Waals surface area contributed by atoms with E-state index in [1.807, 2.05) is 32.9 Å². The molecule has 4 nitrogen and oxygen atoms in total. The SMILES string of the molecule is CC(C)(C)OC(=O)N1CCC(Nc2ccc(Br)cc2Br)CC1. The first-order chi connectivity index (χ1) is 10.2. The Morgan fingerprint density at radius 3 is 2.45 bits per heavy atom.